The summed E-state index contributed by atoms with van der Waals surface area (Å²) in [5, 5.41) is 4.75. The van der Waals surface area contributed by atoms with E-state index >= 15 is 0 Å². The maximum Gasteiger partial charge on any atom is 0.266 e. The van der Waals surface area contributed by atoms with E-state index in [1.54, 1.807) is 24.4 Å². The van der Waals surface area contributed by atoms with Gasteiger partial charge in [-0.15, -0.1) is 11.3 Å². The number of amides is 1. The van der Waals surface area contributed by atoms with Crippen LogP contribution in [0.25, 0.3) is 11.3 Å². The molecule has 0 spiro atoms. The summed E-state index contributed by atoms with van der Waals surface area (Å²) in [6.45, 7) is 5.37. The SMILES string of the molecule is Cc1nc(-c2ccc(F)cc2)c(C(=O)N2CCCC(C)C2CNc2ccc(Cl)cn2)s1. The molecule has 0 aliphatic carbocycles. The average molecular weight is 459 g/mol. The zero-order valence-electron chi connectivity index (χ0n) is 17.4. The van der Waals surface area contributed by atoms with Crippen molar-refractivity contribution >= 4 is 34.7 Å². The number of hydrogen-bond donors (Lipinski definition) is 1. The molecule has 162 valence electrons. The Morgan fingerprint density at radius 1 is 1.29 bits per heavy atom. The van der Waals surface area contributed by atoms with Gasteiger partial charge in [-0.3, -0.25) is 4.79 Å². The molecule has 1 saturated heterocycles. The number of nitrogens with zero attached hydrogens (tertiary/aromatic N) is 3. The number of benzene rings is 1. The number of halogens is 2. The van der Waals surface area contributed by atoms with Crippen LogP contribution in [0.3, 0.4) is 0 Å². The zero-order chi connectivity index (χ0) is 22.0. The molecule has 3 heterocycles. The maximum atomic E-state index is 13.6. The minimum Gasteiger partial charge on any atom is -0.368 e. The molecule has 1 aromatic carbocycles. The van der Waals surface area contributed by atoms with Crippen molar-refractivity contribution in [2.24, 2.45) is 5.92 Å². The highest BCUT2D eigenvalue weighted by Gasteiger charge is 2.34. The van der Waals surface area contributed by atoms with Gasteiger partial charge < -0.3 is 10.2 Å². The topological polar surface area (TPSA) is 58.1 Å². The number of hydrogen-bond acceptors (Lipinski definition) is 5. The van der Waals surface area contributed by atoms with E-state index in [2.05, 4.69) is 22.2 Å². The first-order valence-corrected chi connectivity index (χ1v) is 11.5. The largest absolute Gasteiger partial charge is 0.368 e. The molecule has 1 amide bonds. The monoisotopic (exact) mass is 458 g/mol. The van der Waals surface area contributed by atoms with E-state index in [1.807, 2.05) is 17.9 Å². The average Bonchev–Trinajstić information content (AvgIpc) is 3.15. The molecule has 2 atom stereocenters. The molecule has 3 aromatic rings. The first-order chi connectivity index (χ1) is 14.9. The summed E-state index contributed by atoms with van der Waals surface area (Å²) in [7, 11) is 0. The molecule has 5 nitrogen and oxygen atoms in total. The van der Waals surface area contributed by atoms with E-state index in [-0.39, 0.29) is 17.8 Å². The summed E-state index contributed by atoms with van der Waals surface area (Å²) in [5.74, 6) is 0.749. The van der Waals surface area contributed by atoms with Gasteiger partial charge in [0.25, 0.3) is 5.91 Å². The number of piperidine rings is 1. The van der Waals surface area contributed by atoms with Crippen molar-refractivity contribution in [3.05, 3.63) is 63.3 Å². The third-order valence-corrected chi connectivity index (χ3v) is 6.82. The Labute approximate surface area is 190 Å². The Kier molecular flexibility index (Phi) is 6.53. The van der Waals surface area contributed by atoms with Crippen LogP contribution in [-0.4, -0.2) is 39.9 Å². The second-order valence-electron chi connectivity index (χ2n) is 7.85. The molecule has 31 heavy (non-hydrogen) atoms. The van der Waals surface area contributed by atoms with Crippen molar-refractivity contribution in [3.8, 4) is 11.3 Å². The van der Waals surface area contributed by atoms with Gasteiger partial charge in [-0.2, -0.15) is 0 Å². The minimum absolute atomic E-state index is 0.0210. The molecule has 1 aliphatic rings. The molecule has 2 unspecified atom stereocenters. The van der Waals surface area contributed by atoms with Gasteiger partial charge >= 0.3 is 0 Å². The number of carbonyl (C=O) groups is 1. The normalized spacial score (nSPS) is 18.8. The van der Waals surface area contributed by atoms with Gasteiger partial charge in [-0.05, 0) is 62.1 Å². The van der Waals surface area contributed by atoms with Gasteiger partial charge in [0.1, 0.15) is 16.5 Å². The van der Waals surface area contributed by atoms with Crippen LogP contribution in [0.4, 0.5) is 10.2 Å². The third kappa shape index (κ3) is 4.88. The van der Waals surface area contributed by atoms with Crippen molar-refractivity contribution in [2.45, 2.75) is 32.7 Å². The molecule has 8 heteroatoms. The minimum atomic E-state index is -0.310. The first kappa shape index (κ1) is 21.7. The number of likely N-dealkylation sites (tertiary alicyclic amines) is 1. The van der Waals surface area contributed by atoms with Crippen molar-refractivity contribution in [3.63, 3.8) is 0 Å². The molecule has 0 bridgehead atoms. The summed E-state index contributed by atoms with van der Waals surface area (Å²) in [4.78, 5) is 25.1. The standard InChI is InChI=1S/C23H24ClFN4OS/c1-14-4-3-11-29(19(14)13-27-20-10-7-17(24)12-26-20)23(30)22-21(28-15(2)31-22)16-5-8-18(25)9-6-16/h5-10,12,14,19H,3-4,11,13H2,1-2H3,(H,26,27). The molecule has 4 rings (SSSR count). The third-order valence-electron chi connectivity index (χ3n) is 5.64. The van der Waals surface area contributed by atoms with E-state index in [9.17, 15) is 9.18 Å². The van der Waals surface area contributed by atoms with Gasteiger partial charge in [-0.25, -0.2) is 14.4 Å². The lowest BCUT2D eigenvalue weighted by molar-refractivity contribution is 0.0545. The molecule has 0 radical (unpaired) electrons. The van der Waals surface area contributed by atoms with Crippen molar-refractivity contribution in [1.82, 2.24) is 14.9 Å². The van der Waals surface area contributed by atoms with E-state index in [1.165, 1.54) is 23.5 Å². The Morgan fingerprint density at radius 2 is 2.06 bits per heavy atom. The molecule has 1 N–H and O–H groups in total. The summed E-state index contributed by atoms with van der Waals surface area (Å²) in [5.41, 5.74) is 1.37. The smallest absolute Gasteiger partial charge is 0.266 e. The van der Waals surface area contributed by atoms with Crippen LogP contribution < -0.4 is 5.32 Å². The number of anilines is 1. The highest BCUT2D eigenvalue weighted by Crippen LogP contribution is 2.32. The Hall–Kier alpha value is -2.51. The molecule has 1 fully saturated rings. The van der Waals surface area contributed by atoms with Crippen molar-refractivity contribution in [1.29, 1.82) is 0 Å². The maximum absolute atomic E-state index is 13.6. The highest BCUT2D eigenvalue weighted by molar-refractivity contribution is 7.14. The Balaban J connectivity index is 1.58. The van der Waals surface area contributed by atoms with Crippen LogP contribution in [0.2, 0.25) is 5.02 Å². The number of aromatic nitrogens is 2. The summed E-state index contributed by atoms with van der Waals surface area (Å²) >= 11 is 7.31. The van der Waals surface area contributed by atoms with Crippen LogP contribution in [0, 0.1) is 18.7 Å². The van der Waals surface area contributed by atoms with Crippen LogP contribution in [0.15, 0.2) is 42.6 Å². The lowest BCUT2D eigenvalue weighted by atomic mass is 9.90. The van der Waals surface area contributed by atoms with Gasteiger partial charge in [0, 0.05) is 24.8 Å². The fraction of sp³-hybridized carbons (Fsp3) is 0.348. The van der Waals surface area contributed by atoms with Crippen LogP contribution in [0.5, 0.6) is 0 Å². The van der Waals surface area contributed by atoms with Gasteiger partial charge in [0.15, 0.2) is 0 Å². The van der Waals surface area contributed by atoms with Gasteiger partial charge in [0.05, 0.1) is 21.8 Å². The van der Waals surface area contributed by atoms with Crippen molar-refractivity contribution in [2.75, 3.05) is 18.4 Å². The zero-order valence-corrected chi connectivity index (χ0v) is 19.0. The first-order valence-electron chi connectivity index (χ1n) is 10.3. The predicted octanol–water partition coefficient (Wildman–Crippen LogP) is 5.66. The molecular formula is C23H24ClFN4OS. The van der Waals surface area contributed by atoms with Crippen LogP contribution in [0.1, 0.15) is 34.4 Å². The van der Waals surface area contributed by atoms with Crippen LogP contribution in [-0.2, 0) is 0 Å². The lowest BCUT2D eigenvalue weighted by Crippen LogP contribution is -2.51. The number of nitrogens with one attached hydrogen (secondary N) is 1. The summed E-state index contributed by atoms with van der Waals surface area (Å²) in [6, 6.07) is 9.79. The van der Waals surface area contributed by atoms with E-state index < -0.39 is 0 Å². The fourth-order valence-electron chi connectivity index (χ4n) is 4.01. The number of rotatable bonds is 5. The lowest BCUT2D eigenvalue weighted by Gasteiger charge is -2.40. The quantitative estimate of drug-likeness (QED) is 0.536. The Morgan fingerprint density at radius 3 is 2.77 bits per heavy atom. The van der Waals surface area contributed by atoms with E-state index in [0.717, 1.165) is 29.2 Å². The fourth-order valence-corrected chi connectivity index (χ4v) is 5.02. The highest BCUT2D eigenvalue weighted by atomic mass is 35.5. The molecule has 1 aliphatic heterocycles. The van der Waals surface area contributed by atoms with Gasteiger partial charge in [0.2, 0.25) is 0 Å². The summed E-state index contributed by atoms with van der Waals surface area (Å²) in [6.07, 6.45) is 3.63. The number of aryl methyl sites for hydroxylation is 1. The Bertz CT molecular complexity index is 1050. The van der Waals surface area contributed by atoms with Crippen molar-refractivity contribution < 1.29 is 9.18 Å². The number of pyridine rings is 1. The molecule has 0 saturated carbocycles. The number of carbonyl (C=O) groups excluding carboxylic acids is 1. The van der Waals surface area contributed by atoms with E-state index in [0.29, 0.717) is 34.6 Å². The second kappa shape index (κ2) is 9.32. The number of thiazole rings is 1. The van der Waals surface area contributed by atoms with Gasteiger partial charge in [-0.1, -0.05) is 18.5 Å². The predicted molar refractivity (Wildman–Crippen MR) is 123 cm³/mol. The van der Waals surface area contributed by atoms with Crippen LogP contribution >= 0.6 is 22.9 Å². The van der Waals surface area contributed by atoms with E-state index in [4.69, 9.17) is 11.6 Å². The summed E-state index contributed by atoms with van der Waals surface area (Å²) < 4.78 is 13.4. The molecule has 2 aromatic heterocycles. The molecular weight excluding hydrogens is 435 g/mol. The second-order valence-corrected chi connectivity index (χ2v) is 9.49.